The number of anilines is 2. The highest BCUT2D eigenvalue weighted by Gasteiger charge is 2.35. The lowest BCUT2D eigenvalue weighted by Crippen LogP contribution is -2.28. The Balaban J connectivity index is 1.58. The number of rotatable bonds is 9. The van der Waals surface area contributed by atoms with Gasteiger partial charge in [-0.1, -0.05) is 18.2 Å². The Labute approximate surface area is 187 Å². The number of nitrogens with zero attached hydrogens (tertiary/aromatic N) is 1. The molecule has 1 aliphatic heterocycles. The summed E-state index contributed by atoms with van der Waals surface area (Å²) in [6, 6.07) is 14.3. The maximum absolute atomic E-state index is 12.7. The third-order valence-corrected chi connectivity index (χ3v) is 6.97. The molecule has 0 bridgehead atoms. The zero-order valence-corrected chi connectivity index (χ0v) is 18.8. The summed E-state index contributed by atoms with van der Waals surface area (Å²) in [5.41, 5.74) is 1.94. The number of hydrogen-bond acceptors (Lipinski definition) is 5. The summed E-state index contributed by atoms with van der Waals surface area (Å²) in [5.74, 6) is -0.915. The van der Waals surface area contributed by atoms with Crippen LogP contribution in [0.25, 0.3) is 0 Å². The predicted molar refractivity (Wildman–Crippen MR) is 125 cm³/mol. The van der Waals surface area contributed by atoms with Gasteiger partial charge >= 0.3 is 0 Å². The van der Waals surface area contributed by atoms with Crippen molar-refractivity contribution < 1.29 is 18.0 Å². The quantitative estimate of drug-likeness (QED) is 0.444. The molecule has 0 saturated carbocycles. The molecule has 1 unspecified atom stereocenters. The Kier molecular flexibility index (Phi) is 7.53. The molecule has 2 aromatic rings. The van der Waals surface area contributed by atoms with Crippen LogP contribution in [0.15, 0.2) is 66.1 Å². The summed E-state index contributed by atoms with van der Waals surface area (Å²) in [6.07, 6.45) is 3.62. The molecule has 0 aromatic heterocycles. The first-order valence-electron chi connectivity index (χ1n) is 9.74. The fraction of sp³-hybridized carbons (Fsp3) is 0.273. The normalized spacial score (nSPS) is 16.4. The highest BCUT2D eigenvalue weighted by atomic mass is 32.2. The van der Waals surface area contributed by atoms with Crippen LogP contribution in [0.2, 0.25) is 0 Å². The largest absolute Gasteiger partial charge is 0.326 e. The standard InChI is InChI=1S/C22H25N3O4S2/c1-3-12-23-31(28,29)15-16-4-6-18(7-5-16)24-22(27)17-13-21(26)25(14-17)19-8-10-20(30-2)11-9-19/h3-11,17,23H,1,12-15H2,2H3,(H,24,27). The number of carbonyl (C=O) groups excluding carboxylic acids is 2. The van der Waals surface area contributed by atoms with Crippen molar-refractivity contribution in [3.8, 4) is 0 Å². The van der Waals surface area contributed by atoms with E-state index in [9.17, 15) is 18.0 Å². The molecule has 0 spiro atoms. The summed E-state index contributed by atoms with van der Waals surface area (Å²) in [6.45, 7) is 3.99. The molecule has 3 rings (SSSR count). The summed E-state index contributed by atoms with van der Waals surface area (Å²) >= 11 is 1.63. The lowest BCUT2D eigenvalue weighted by molar-refractivity contribution is -0.122. The van der Waals surface area contributed by atoms with Crippen molar-refractivity contribution in [3.63, 3.8) is 0 Å². The van der Waals surface area contributed by atoms with Crippen LogP contribution in [0.4, 0.5) is 11.4 Å². The van der Waals surface area contributed by atoms with Crippen molar-refractivity contribution in [2.24, 2.45) is 5.92 Å². The number of sulfonamides is 1. The minimum absolute atomic E-state index is 0.0790. The average Bonchev–Trinajstić information content (AvgIpc) is 3.15. The lowest BCUT2D eigenvalue weighted by Gasteiger charge is -2.17. The van der Waals surface area contributed by atoms with Crippen molar-refractivity contribution >= 4 is 45.0 Å². The van der Waals surface area contributed by atoms with E-state index in [2.05, 4.69) is 16.6 Å². The minimum atomic E-state index is -3.44. The van der Waals surface area contributed by atoms with Crippen LogP contribution in [0.5, 0.6) is 0 Å². The number of nitrogens with one attached hydrogen (secondary N) is 2. The summed E-state index contributed by atoms with van der Waals surface area (Å²) in [4.78, 5) is 27.8. The van der Waals surface area contributed by atoms with Crippen LogP contribution in [0, 0.1) is 5.92 Å². The first-order valence-corrected chi connectivity index (χ1v) is 12.6. The van der Waals surface area contributed by atoms with Gasteiger partial charge in [0.2, 0.25) is 21.8 Å². The SMILES string of the molecule is C=CCNS(=O)(=O)Cc1ccc(NC(=O)C2CC(=O)N(c3ccc(SC)cc3)C2)cc1. The molecular formula is C22H25N3O4S2. The van der Waals surface area contributed by atoms with Crippen LogP contribution in [0.3, 0.4) is 0 Å². The van der Waals surface area contributed by atoms with E-state index in [-0.39, 0.29) is 30.5 Å². The van der Waals surface area contributed by atoms with Gasteiger partial charge in [-0.15, -0.1) is 18.3 Å². The molecule has 164 valence electrons. The molecule has 1 atom stereocenters. The molecule has 1 fully saturated rings. The molecule has 0 radical (unpaired) electrons. The smallest absolute Gasteiger partial charge is 0.229 e. The number of benzene rings is 2. The van der Waals surface area contributed by atoms with Gasteiger partial charge in [0, 0.05) is 35.8 Å². The van der Waals surface area contributed by atoms with E-state index in [1.165, 1.54) is 6.08 Å². The molecule has 31 heavy (non-hydrogen) atoms. The lowest BCUT2D eigenvalue weighted by atomic mass is 10.1. The summed E-state index contributed by atoms with van der Waals surface area (Å²) < 4.78 is 26.3. The van der Waals surface area contributed by atoms with Gasteiger partial charge in [-0.3, -0.25) is 9.59 Å². The van der Waals surface area contributed by atoms with Gasteiger partial charge in [-0.05, 0) is 48.2 Å². The second-order valence-electron chi connectivity index (χ2n) is 7.19. The predicted octanol–water partition coefficient (Wildman–Crippen LogP) is 3.01. The highest BCUT2D eigenvalue weighted by molar-refractivity contribution is 7.98. The Hall–Kier alpha value is -2.62. The fourth-order valence-electron chi connectivity index (χ4n) is 3.28. The molecule has 1 heterocycles. The fourth-order valence-corrected chi connectivity index (χ4v) is 4.79. The second-order valence-corrected chi connectivity index (χ2v) is 9.87. The Morgan fingerprint density at radius 3 is 2.48 bits per heavy atom. The molecule has 1 aliphatic rings. The van der Waals surface area contributed by atoms with Gasteiger partial charge in [-0.2, -0.15) is 0 Å². The van der Waals surface area contributed by atoms with Crippen LogP contribution in [-0.2, 0) is 25.4 Å². The van der Waals surface area contributed by atoms with E-state index in [0.29, 0.717) is 17.8 Å². The molecule has 2 aromatic carbocycles. The van der Waals surface area contributed by atoms with Crippen LogP contribution < -0.4 is 14.9 Å². The zero-order chi connectivity index (χ0) is 22.4. The number of amides is 2. The van der Waals surface area contributed by atoms with Gasteiger partial charge in [0.05, 0.1) is 11.7 Å². The molecule has 1 saturated heterocycles. The van der Waals surface area contributed by atoms with Gasteiger partial charge in [0.1, 0.15) is 0 Å². The van der Waals surface area contributed by atoms with E-state index in [1.807, 2.05) is 30.5 Å². The maximum Gasteiger partial charge on any atom is 0.229 e. The third-order valence-electron chi connectivity index (χ3n) is 4.91. The minimum Gasteiger partial charge on any atom is -0.326 e. The first-order chi connectivity index (χ1) is 14.8. The average molecular weight is 460 g/mol. The van der Waals surface area contributed by atoms with Crippen LogP contribution in [0.1, 0.15) is 12.0 Å². The number of carbonyl (C=O) groups is 2. The van der Waals surface area contributed by atoms with E-state index < -0.39 is 15.9 Å². The summed E-state index contributed by atoms with van der Waals surface area (Å²) in [5, 5.41) is 2.82. The summed E-state index contributed by atoms with van der Waals surface area (Å²) in [7, 11) is -3.44. The molecule has 7 nitrogen and oxygen atoms in total. The molecule has 0 aliphatic carbocycles. The first kappa shape index (κ1) is 23.1. The van der Waals surface area contributed by atoms with Crippen molar-refractivity contribution in [3.05, 3.63) is 66.7 Å². The zero-order valence-electron chi connectivity index (χ0n) is 17.2. The number of thioether (sulfide) groups is 1. The highest BCUT2D eigenvalue weighted by Crippen LogP contribution is 2.28. The van der Waals surface area contributed by atoms with Crippen molar-refractivity contribution in [2.75, 3.05) is 29.6 Å². The Bertz CT molecular complexity index is 1050. The van der Waals surface area contributed by atoms with E-state index in [4.69, 9.17) is 0 Å². The molecule has 9 heteroatoms. The monoisotopic (exact) mass is 459 g/mol. The van der Waals surface area contributed by atoms with Gasteiger partial charge in [-0.25, -0.2) is 13.1 Å². The molecule has 2 N–H and O–H groups in total. The third kappa shape index (κ3) is 6.19. The van der Waals surface area contributed by atoms with E-state index >= 15 is 0 Å². The Morgan fingerprint density at radius 1 is 1.19 bits per heavy atom. The van der Waals surface area contributed by atoms with Crippen molar-refractivity contribution in [1.29, 1.82) is 0 Å². The topological polar surface area (TPSA) is 95.6 Å². The van der Waals surface area contributed by atoms with Crippen LogP contribution >= 0.6 is 11.8 Å². The van der Waals surface area contributed by atoms with E-state index in [0.717, 1.165) is 10.6 Å². The molecule has 2 amide bonds. The van der Waals surface area contributed by atoms with Gasteiger partial charge in [0.15, 0.2) is 0 Å². The van der Waals surface area contributed by atoms with Crippen molar-refractivity contribution in [2.45, 2.75) is 17.1 Å². The van der Waals surface area contributed by atoms with Crippen LogP contribution in [-0.4, -0.2) is 39.6 Å². The second kappa shape index (κ2) is 10.1. The maximum atomic E-state index is 12.7. The van der Waals surface area contributed by atoms with Gasteiger partial charge in [0.25, 0.3) is 0 Å². The van der Waals surface area contributed by atoms with E-state index in [1.54, 1.807) is 40.9 Å². The number of hydrogen-bond donors (Lipinski definition) is 2. The van der Waals surface area contributed by atoms with Crippen molar-refractivity contribution in [1.82, 2.24) is 4.72 Å². The Morgan fingerprint density at radius 2 is 1.87 bits per heavy atom. The molecular weight excluding hydrogens is 434 g/mol. The van der Waals surface area contributed by atoms with Gasteiger partial charge < -0.3 is 10.2 Å².